The molecule has 1 saturated heterocycles. The molecule has 1 aromatic heterocycles. The molecule has 21 heavy (non-hydrogen) atoms. The zero-order chi connectivity index (χ0) is 15.2. The zero-order valence-corrected chi connectivity index (χ0v) is 13.8. The molecule has 1 aromatic rings. The van der Waals surface area contributed by atoms with Crippen molar-refractivity contribution in [2.24, 2.45) is 11.8 Å². The number of rotatable bonds is 6. The largest absolute Gasteiger partial charge is 0.378 e. The van der Waals surface area contributed by atoms with E-state index in [2.05, 4.69) is 36.4 Å². The van der Waals surface area contributed by atoms with Gasteiger partial charge in [-0.2, -0.15) is 0 Å². The van der Waals surface area contributed by atoms with Crippen molar-refractivity contribution < 1.29 is 9.53 Å². The Balaban J connectivity index is 1.70. The fourth-order valence-corrected chi connectivity index (χ4v) is 3.45. The summed E-state index contributed by atoms with van der Waals surface area (Å²) in [6, 6.07) is -0.127. The molecule has 6 heteroatoms. The predicted octanol–water partition coefficient (Wildman–Crippen LogP) is 2.57. The van der Waals surface area contributed by atoms with Crippen molar-refractivity contribution in [1.82, 2.24) is 15.6 Å². The minimum atomic E-state index is -0.127. The lowest BCUT2D eigenvalue weighted by Crippen LogP contribution is -2.40. The molecule has 2 amide bonds. The molecule has 0 radical (unpaired) electrons. The highest BCUT2D eigenvalue weighted by atomic mass is 32.1. The van der Waals surface area contributed by atoms with Gasteiger partial charge in [0.15, 0.2) is 0 Å². The average Bonchev–Trinajstić information content (AvgIpc) is 3.11. The maximum absolute atomic E-state index is 11.8. The second-order valence-corrected chi connectivity index (χ2v) is 6.97. The van der Waals surface area contributed by atoms with Crippen LogP contribution in [0.5, 0.6) is 0 Å². The minimum absolute atomic E-state index is 0.127. The number of nitrogens with zero attached hydrogens (tertiary/aromatic N) is 1. The van der Waals surface area contributed by atoms with Gasteiger partial charge in [0.05, 0.1) is 12.6 Å². The lowest BCUT2D eigenvalue weighted by Gasteiger charge is -2.22. The Hall–Kier alpha value is -1.14. The van der Waals surface area contributed by atoms with Crippen molar-refractivity contribution >= 4 is 17.4 Å². The van der Waals surface area contributed by atoms with Gasteiger partial charge in [-0.3, -0.25) is 0 Å². The summed E-state index contributed by atoms with van der Waals surface area (Å²) in [6.07, 6.45) is 4.15. The molecule has 1 fully saturated rings. The summed E-state index contributed by atoms with van der Waals surface area (Å²) in [5, 5.41) is 6.76. The molecule has 118 valence electrons. The number of hydrogen-bond donors (Lipinski definition) is 2. The van der Waals surface area contributed by atoms with Gasteiger partial charge in [0.2, 0.25) is 0 Å². The molecule has 0 aromatic carbocycles. The summed E-state index contributed by atoms with van der Waals surface area (Å²) < 4.78 is 5.72. The number of amides is 2. The molecule has 2 N–H and O–H groups in total. The molecule has 2 heterocycles. The lowest BCUT2D eigenvalue weighted by molar-refractivity contribution is 0.0545. The Morgan fingerprint density at radius 2 is 2.33 bits per heavy atom. The van der Waals surface area contributed by atoms with Crippen molar-refractivity contribution in [3.63, 3.8) is 0 Å². The third-order valence-electron chi connectivity index (χ3n) is 3.80. The fourth-order valence-electron chi connectivity index (χ4n) is 2.65. The average molecular weight is 311 g/mol. The first-order valence-electron chi connectivity index (χ1n) is 7.67. The van der Waals surface area contributed by atoms with E-state index in [9.17, 15) is 4.79 Å². The van der Waals surface area contributed by atoms with Crippen LogP contribution in [0.25, 0.3) is 0 Å². The van der Waals surface area contributed by atoms with Crippen molar-refractivity contribution in [3.05, 3.63) is 16.1 Å². The van der Waals surface area contributed by atoms with E-state index in [1.54, 1.807) is 11.3 Å². The first-order valence-corrected chi connectivity index (χ1v) is 8.48. The molecule has 5 nitrogen and oxygen atoms in total. The number of nitrogens with one attached hydrogen (secondary N) is 2. The van der Waals surface area contributed by atoms with Crippen LogP contribution in [0.2, 0.25) is 0 Å². The lowest BCUT2D eigenvalue weighted by atomic mass is 9.93. The van der Waals surface area contributed by atoms with E-state index in [4.69, 9.17) is 4.74 Å². The molecule has 0 unspecified atom stereocenters. The van der Waals surface area contributed by atoms with E-state index < -0.39 is 0 Å². The first kappa shape index (κ1) is 16.2. The molecule has 2 rings (SSSR count). The van der Waals surface area contributed by atoms with Gasteiger partial charge in [0, 0.05) is 30.1 Å². The molecule has 2 atom stereocenters. The van der Waals surface area contributed by atoms with Crippen LogP contribution in [0.1, 0.15) is 37.1 Å². The van der Waals surface area contributed by atoms with E-state index in [0.29, 0.717) is 24.9 Å². The zero-order valence-electron chi connectivity index (χ0n) is 13.0. The third kappa shape index (κ3) is 4.68. The molecule has 1 aliphatic heterocycles. The molecule has 0 aliphatic carbocycles. The number of urea groups is 1. The van der Waals surface area contributed by atoms with Gasteiger partial charge in [0.25, 0.3) is 0 Å². The summed E-state index contributed by atoms with van der Waals surface area (Å²) >= 11 is 1.65. The monoisotopic (exact) mass is 311 g/mol. The van der Waals surface area contributed by atoms with Crippen LogP contribution < -0.4 is 10.6 Å². The number of carbonyl (C=O) groups excluding carboxylic acids is 1. The van der Waals surface area contributed by atoms with Crippen molar-refractivity contribution in [2.75, 3.05) is 13.2 Å². The van der Waals surface area contributed by atoms with Crippen LogP contribution in [-0.2, 0) is 17.7 Å². The Morgan fingerprint density at radius 1 is 1.52 bits per heavy atom. The summed E-state index contributed by atoms with van der Waals surface area (Å²) in [7, 11) is 0. The second kappa shape index (κ2) is 7.75. The Bertz CT molecular complexity index is 462. The van der Waals surface area contributed by atoms with Crippen LogP contribution in [0.4, 0.5) is 4.79 Å². The van der Waals surface area contributed by atoms with E-state index in [1.807, 2.05) is 6.20 Å². The quantitative estimate of drug-likeness (QED) is 0.848. The molecular weight excluding hydrogens is 286 g/mol. The van der Waals surface area contributed by atoms with E-state index in [1.165, 1.54) is 4.88 Å². The van der Waals surface area contributed by atoms with E-state index in [-0.39, 0.29) is 12.1 Å². The van der Waals surface area contributed by atoms with Gasteiger partial charge >= 0.3 is 6.03 Å². The number of aromatic nitrogens is 1. The predicted molar refractivity (Wildman–Crippen MR) is 84.4 cm³/mol. The standard InChI is InChI=1S/C15H25N3O2S/c1-4-12-8-16-13(21-12)9-18-15(19)17-7-11-5-6-20-14(11)10(2)3/h8,10-11,14H,4-7,9H2,1-3H3,(H2,17,18,19)/t11-,14-/m0/s1. The number of aryl methyl sites for hydroxylation is 1. The van der Waals surface area contributed by atoms with Gasteiger partial charge in [0.1, 0.15) is 5.01 Å². The topological polar surface area (TPSA) is 63.2 Å². The number of thiazole rings is 1. The molecule has 0 bridgehead atoms. The summed E-state index contributed by atoms with van der Waals surface area (Å²) in [4.78, 5) is 17.4. The summed E-state index contributed by atoms with van der Waals surface area (Å²) in [6.45, 7) is 8.40. The number of hydrogen-bond acceptors (Lipinski definition) is 4. The highest BCUT2D eigenvalue weighted by Gasteiger charge is 2.30. The van der Waals surface area contributed by atoms with Gasteiger partial charge in [-0.05, 0) is 18.8 Å². The maximum atomic E-state index is 11.8. The van der Waals surface area contributed by atoms with Crippen LogP contribution in [0, 0.1) is 11.8 Å². The van der Waals surface area contributed by atoms with Crippen molar-refractivity contribution in [3.8, 4) is 0 Å². The van der Waals surface area contributed by atoms with Crippen molar-refractivity contribution in [1.29, 1.82) is 0 Å². The Kier molecular flexibility index (Phi) is 5.99. The van der Waals surface area contributed by atoms with Crippen LogP contribution in [0.3, 0.4) is 0 Å². The Labute approximate surface area is 130 Å². The fraction of sp³-hybridized carbons (Fsp3) is 0.733. The number of carbonyl (C=O) groups is 1. The highest BCUT2D eigenvalue weighted by molar-refractivity contribution is 7.11. The normalized spacial score (nSPS) is 21.7. The third-order valence-corrected chi connectivity index (χ3v) is 4.94. The molecule has 0 saturated carbocycles. The SMILES string of the molecule is CCc1cnc(CNC(=O)NC[C@@H]2CCO[C@H]2C(C)C)s1. The van der Waals surface area contributed by atoms with Gasteiger partial charge in [-0.1, -0.05) is 20.8 Å². The molecule has 0 spiro atoms. The van der Waals surface area contributed by atoms with Crippen molar-refractivity contribution in [2.45, 2.75) is 46.3 Å². The van der Waals surface area contributed by atoms with Gasteiger partial charge in [-0.25, -0.2) is 9.78 Å². The van der Waals surface area contributed by atoms with Gasteiger partial charge < -0.3 is 15.4 Å². The van der Waals surface area contributed by atoms with Crippen LogP contribution in [0.15, 0.2) is 6.20 Å². The van der Waals surface area contributed by atoms with Crippen LogP contribution in [-0.4, -0.2) is 30.3 Å². The highest BCUT2D eigenvalue weighted by Crippen LogP contribution is 2.26. The smallest absolute Gasteiger partial charge is 0.315 e. The van der Waals surface area contributed by atoms with E-state index in [0.717, 1.165) is 24.5 Å². The summed E-state index contributed by atoms with van der Waals surface area (Å²) in [5.74, 6) is 0.910. The maximum Gasteiger partial charge on any atom is 0.315 e. The summed E-state index contributed by atoms with van der Waals surface area (Å²) in [5.41, 5.74) is 0. The molecular formula is C15H25N3O2S. The van der Waals surface area contributed by atoms with E-state index >= 15 is 0 Å². The second-order valence-electron chi connectivity index (χ2n) is 5.77. The number of ether oxygens (including phenoxy) is 1. The first-order chi connectivity index (χ1) is 10.1. The Morgan fingerprint density at radius 3 is 3.00 bits per heavy atom. The van der Waals surface area contributed by atoms with Crippen LogP contribution >= 0.6 is 11.3 Å². The van der Waals surface area contributed by atoms with Gasteiger partial charge in [-0.15, -0.1) is 11.3 Å². The molecule has 1 aliphatic rings. The minimum Gasteiger partial charge on any atom is -0.378 e.